The van der Waals surface area contributed by atoms with Gasteiger partial charge in [-0.2, -0.15) is 4.39 Å². The number of hydrogen-bond acceptors (Lipinski definition) is 4. The third-order valence-electron chi connectivity index (χ3n) is 6.41. The molecule has 41 heavy (non-hydrogen) atoms. The van der Waals surface area contributed by atoms with Gasteiger partial charge < -0.3 is 14.2 Å². The van der Waals surface area contributed by atoms with Crippen molar-refractivity contribution in [3.63, 3.8) is 0 Å². The van der Waals surface area contributed by atoms with Gasteiger partial charge in [-0.1, -0.05) is 63.1 Å². The van der Waals surface area contributed by atoms with Gasteiger partial charge in [-0.25, -0.2) is 18.0 Å². The van der Waals surface area contributed by atoms with Gasteiger partial charge in [-0.3, -0.25) is 0 Å². The molecule has 0 saturated carbocycles. The summed E-state index contributed by atoms with van der Waals surface area (Å²) < 4.78 is 75.0. The summed E-state index contributed by atoms with van der Waals surface area (Å²) in [6.07, 6.45) is 3.43. The molecule has 0 bridgehead atoms. The third kappa shape index (κ3) is 7.06. The predicted octanol–water partition coefficient (Wildman–Crippen LogP) is 9.15. The Bertz CT molecular complexity index is 1490. The second-order valence-electron chi connectivity index (χ2n) is 9.37. The van der Waals surface area contributed by atoms with Crippen LogP contribution in [0.4, 0.5) is 17.6 Å². The number of rotatable bonds is 12. The standard InChI is InChI=1S/C33H30F4O4/c1-3-5-19-39-23-11-7-21(8-12-23)25-15-16-26(30(35)29(25)34)22-9-13-24(14-10-22)41-33(38)27-17-18-28(32(37)31(27)36)40-20-6-4-2/h7-18H,3-6,19-20H2,1-2H3. The highest BCUT2D eigenvalue weighted by atomic mass is 19.2. The van der Waals surface area contributed by atoms with Crippen molar-refractivity contribution in [2.75, 3.05) is 13.2 Å². The summed E-state index contributed by atoms with van der Waals surface area (Å²) >= 11 is 0. The van der Waals surface area contributed by atoms with Crippen LogP contribution in [-0.4, -0.2) is 19.2 Å². The van der Waals surface area contributed by atoms with Crippen molar-refractivity contribution in [3.05, 3.63) is 102 Å². The van der Waals surface area contributed by atoms with Gasteiger partial charge in [0.05, 0.1) is 18.8 Å². The zero-order valence-electron chi connectivity index (χ0n) is 22.8. The quantitative estimate of drug-likeness (QED) is 0.0742. The van der Waals surface area contributed by atoms with Crippen molar-refractivity contribution >= 4 is 5.97 Å². The molecule has 4 aromatic carbocycles. The van der Waals surface area contributed by atoms with E-state index < -0.39 is 34.8 Å². The highest BCUT2D eigenvalue weighted by molar-refractivity contribution is 5.91. The molecule has 4 rings (SSSR count). The van der Waals surface area contributed by atoms with Crippen LogP contribution in [0, 0.1) is 23.3 Å². The Morgan fingerprint density at radius 2 is 1.10 bits per heavy atom. The Morgan fingerprint density at radius 3 is 1.63 bits per heavy atom. The Hall–Kier alpha value is -4.33. The molecule has 0 atom stereocenters. The maximum atomic E-state index is 15.1. The number of carbonyl (C=O) groups excluding carboxylic acids is 1. The average Bonchev–Trinajstić information content (AvgIpc) is 2.98. The normalized spacial score (nSPS) is 10.9. The largest absolute Gasteiger partial charge is 0.494 e. The molecule has 0 fully saturated rings. The van der Waals surface area contributed by atoms with Crippen LogP contribution in [0.2, 0.25) is 0 Å². The summed E-state index contributed by atoms with van der Waals surface area (Å²) in [5.41, 5.74) is 0.350. The van der Waals surface area contributed by atoms with E-state index >= 15 is 8.78 Å². The lowest BCUT2D eigenvalue weighted by molar-refractivity contribution is 0.0728. The zero-order chi connectivity index (χ0) is 29.4. The number of carbonyl (C=O) groups is 1. The molecule has 0 radical (unpaired) electrons. The van der Waals surface area contributed by atoms with E-state index in [2.05, 4.69) is 6.92 Å². The van der Waals surface area contributed by atoms with E-state index in [1.54, 1.807) is 24.3 Å². The first-order valence-corrected chi connectivity index (χ1v) is 13.5. The topological polar surface area (TPSA) is 44.8 Å². The van der Waals surface area contributed by atoms with Crippen molar-refractivity contribution in [1.29, 1.82) is 0 Å². The van der Waals surface area contributed by atoms with Crippen LogP contribution < -0.4 is 14.2 Å². The first-order valence-electron chi connectivity index (χ1n) is 13.5. The van der Waals surface area contributed by atoms with Gasteiger partial charge in [0, 0.05) is 11.1 Å². The molecule has 0 N–H and O–H groups in total. The highest BCUT2D eigenvalue weighted by Gasteiger charge is 2.22. The van der Waals surface area contributed by atoms with Crippen LogP contribution in [0.5, 0.6) is 17.2 Å². The predicted molar refractivity (Wildman–Crippen MR) is 149 cm³/mol. The maximum absolute atomic E-state index is 15.1. The van der Waals surface area contributed by atoms with Gasteiger partial charge in [0.25, 0.3) is 0 Å². The molecule has 0 saturated heterocycles. The lowest BCUT2D eigenvalue weighted by Gasteiger charge is -2.12. The summed E-state index contributed by atoms with van der Waals surface area (Å²) in [5, 5.41) is 0. The first kappa shape index (κ1) is 29.6. The second kappa shape index (κ2) is 13.8. The van der Waals surface area contributed by atoms with E-state index in [0.717, 1.165) is 25.3 Å². The summed E-state index contributed by atoms with van der Waals surface area (Å²) in [4.78, 5) is 12.5. The van der Waals surface area contributed by atoms with E-state index in [-0.39, 0.29) is 29.2 Å². The number of benzene rings is 4. The summed E-state index contributed by atoms with van der Waals surface area (Å²) in [6.45, 7) is 4.80. The molecule has 0 heterocycles. The highest BCUT2D eigenvalue weighted by Crippen LogP contribution is 2.33. The molecule has 8 heteroatoms. The fourth-order valence-electron chi connectivity index (χ4n) is 4.05. The van der Waals surface area contributed by atoms with E-state index in [4.69, 9.17) is 14.2 Å². The molecule has 0 aliphatic carbocycles. The molecule has 0 unspecified atom stereocenters. The Morgan fingerprint density at radius 1 is 0.585 bits per heavy atom. The van der Waals surface area contributed by atoms with E-state index in [1.807, 2.05) is 6.92 Å². The van der Waals surface area contributed by atoms with Gasteiger partial charge >= 0.3 is 5.97 Å². The Balaban J connectivity index is 1.46. The van der Waals surface area contributed by atoms with Crippen molar-refractivity contribution < 1.29 is 36.6 Å². The Kier molecular flexibility index (Phi) is 10.0. The minimum atomic E-state index is -1.38. The van der Waals surface area contributed by atoms with Crippen LogP contribution >= 0.6 is 0 Å². The number of halogens is 4. The van der Waals surface area contributed by atoms with E-state index in [9.17, 15) is 13.6 Å². The minimum absolute atomic E-state index is 0.00965. The van der Waals surface area contributed by atoms with Crippen molar-refractivity contribution in [2.24, 2.45) is 0 Å². The lowest BCUT2D eigenvalue weighted by Crippen LogP contribution is -2.12. The summed E-state index contributed by atoms with van der Waals surface area (Å²) in [6, 6.07) is 17.6. The average molecular weight is 567 g/mol. The van der Waals surface area contributed by atoms with E-state index in [1.165, 1.54) is 42.5 Å². The molecule has 4 nitrogen and oxygen atoms in total. The van der Waals surface area contributed by atoms with Gasteiger partial charge in [0.15, 0.2) is 23.2 Å². The minimum Gasteiger partial charge on any atom is -0.494 e. The van der Waals surface area contributed by atoms with Crippen LogP contribution in [-0.2, 0) is 0 Å². The molecule has 0 aliphatic heterocycles. The lowest BCUT2D eigenvalue weighted by atomic mass is 9.98. The van der Waals surface area contributed by atoms with Gasteiger partial charge in [-0.05, 0) is 60.4 Å². The Labute approximate surface area is 236 Å². The molecular weight excluding hydrogens is 536 g/mol. The van der Waals surface area contributed by atoms with Crippen molar-refractivity contribution in [2.45, 2.75) is 39.5 Å². The number of esters is 1. The molecule has 0 aromatic heterocycles. The van der Waals surface area contributed by atoms with Gasteiger partial charge in [0.1, 0.15) is 11.5 Å². The number of unbranched alkanes of at least 4 members (excludes halogenated alkanes) is 2. The molecular formula is C33H30F4O4. The molecule has 214 valence electrons. The number of hydrogen-bond donors (Lipinski definition) is 0. The third-order valence-corrected chi connectivity index (χ3v) is 6.41. The smallest absolute Gasteiger partial charge is 0.346 e. The van der Waals surface area contributed by atoms with Crippen LogP contribution in [0.25, 0.3) is 22.3 Å². The zero-order valence-corrected chi connectivity index (χ0v) is 22.8. The van der Waals surface area contributed by atoms with Crippen LogP contribution in [0.1, 0.15) is 49.9 Å². The fourth-order valence-corrected chi connectivity index (χ4v) is 4.05. The van der Waals surface area contributed by atoms with Crippen LogP contribution in [0.3, 0.4) is 0 Å². The molecule has 0 amide bonds. The molecule has 4 aromatic rings. The molecule has 0 spiro atoms. The number of ether oxygens (including phenoxy) is 3. The molecule has 0 aliphatic rings. The summed E-state index contributed by atoms with van der Waals surface area (Å²) in [7, 11) is 0. The monoisotopic (exact) mass is 566 g/mol. The maximum Gasteiger partial charge on any atom is 0.346 e. The van der Waals surface area contributed by atoms with Crippen molar-refractivity contribution in [1.82, 2.24) is 0 Å². The summed E-state index contributed by atoms with van der Waals surface area (Å²) in [5.74, 6) is -5.42. The second-order valence-corrected chi connectivity index (χ2v) is 9.37. The van der Waals surface area contributed by atoms with E-state index in [0.29, 0.717) is 29.9 Å². The van der Waals surface area contributed by atoms with Crippen molar-refractivity contribution in [3.8, 4) is 39.5 Å². The van der Waals surface area contributed by atoms with Gasteiger partial charge in [-0.15, -0.1) is 0 Å². The SMILES string of the molecule is CCCCOc1ccc(-c2ccc(-c3ccc(OC(=O)c4ccc(OCCCC)c(F)c4F)cc3)c(F)c2F)cc1. The van der Waals surface area contributed by atoms with Crippen LogP contribution in [0.15, 0.2) is 72.8 Å². The first-order chi connectivity index (χ1) is 19.8. The van der Waals surface area contributed by atoms with Gasteiger partial charge in [0.2, 0.25) is 5.82 Å². The fraction of sp³-hybridized carbons (Fsp3) is 0.242.